The smallest absolute Gasteiger partial charge is 0.542 e. The number of anilines is 1. The first kappa shape index (κ1) is 31.0. The van der Waals surface area contributed by atoms with Crippen molar-refractivity contribution in [2.75, 3.05) is 11.9 Å². The third kappa shape index (κ3) is 7.90. The van der Waals surface area contributed by atoms with Crippen LogP contribution in [0, 0.1) is 18.3 Å². The summed E-state index contributed by atoms with van der Waals surface area (Å²) in [6.45, 7) is 2.65. The zero-order chi connectivity index (χ0) is 27.2. The van der Waals surface area contributed by atoms with Crippen molar-refractivity contribution in [1.82, 2.24) is 0 Å². The second-order valence-corrected chi connectivity index (χ2v) is 9.83. The van der Waals surface area contributed by atoms with Gasteiger partial charge >= 0.3 is 29.6 Å². The van der Waals surface area contributed by atoms with Crippen LogP contribution in [0.1, 0.15) is 40.4 Å². The molecule has 3 aromatic rings. The molecule has 12 heteroatoms. The monoisotopic (exact) mass is 561 g/mol. The molecule has 0 spiro atoms. The number of ether oxygens (including phenoxy) is 1. The largest absolute Gasteiger partial charge is 1.00 e. The van der Waals surface area contributed by atoms with E-state index in [1.54, 1.807) is 19.1 Å². The van der Waals surface area contributed by atoms with Crippen molar-refractivity contribution in [3.05, 3.63) is 92.7 Å². The van der Waals surface area contributed by atoms with E-state index in [0.717, 1.165) is 0 Å². The van der Waals surface area contributed by atoms with Gasteiger partial charge in [0.2, 0.25) is 0 Å². The maximum atomic E-state index is 13.0. The predicted octanol–water partition coefficient (Wildman–Crippen LogP) is 1.77. The molecule has 38 heavy (non-hydrogen) atoms. The number of hydrogen-bond acceptors (Lipinski definition) is 7. The number of rotatable bonds is 9. The van der Waals surface area contributed by atoms with E-state index < -0.39 is 34.2 Å². The molecule has 0 bridgehead atoms. The zero-order valence-corrected chi connectivity index (χ0v) is 24.4. The number of halogens is 1. The van der Waals surface area contributed by atoms with Crippen molar-refractivity contribution >= 4 is 44.9 Å². The molecule has 0 fully saturated rings. The molecule has 0 saturated heterocycles. The Balaban J connectivity index is 0.00000507. The number of nitrogens with one attached hydrogen (secondary N) is 1. The number of aryl methyl sites for hydroxylation is 1. The van der Waals surface area contributed by atoms with Gasteiger partial charge in [0, 0.05) is 16.3 Å². The Bertz CT molecular complexity index is 1540. The fraction of sp³-hybridized carbons (Fsp3) is 0.154. The van der Waals surface area contributed by atoms with Crippen LogP contribution in [-0.4, -0.2) is 32.6 Å². The molecule has 0 heterocycles. The maximum Gasteiger partial charge on any atom is 1.00 e. The second kappa shape index (κ2) is 13.6. The molecule has 9 nitrogen and oxygen atoms in total. The van der Waals surface area contributed by atoms with Gasteiger partial charge in [-0.1, -0.05) is 30.7 Å². The number of para-hydroxylation sites is 1. The minimum absolute atomic E-state index is 0. The number of carbonyl (C=O) groups excluding carboxylic acids is 3. The molecule has 3 aromatic carbocycles. The van der Waals surface area contributed by atoms with Gasteiger partial charge in [0.25, 0.3) is 5.91 Å². The molecule has 0 aromatic heterocycles. The van der Waals surface area contributed by atoms with E-state index in [4.69, 9.17) is 21.6 Å². The topological polar surface area (TPSA) is 144 Å². The van der Waals surface area contributed by atoms with E-state index in [-0.39, 0.29) is 68.3 Å². The molecule has 0 atom stereocenters. The number of sulfonamides is 1. The van der Waals surface area contributed by atoms with Crippen LogP contribution in [0.2, 0.25) is 5.02 Å². The number of hydrogen-bond donors (Lipinski definition) is 1. The van der Waals surface area contributed by atoms with Gasteiger partial charge in [-0.25, -0.2) is 8.42 Å². The van der Waals surface area contributed by atoms with Gasteiger partial charge in [0.05, 0.1) is 28.0 Å². The third-order valence-electron chi connectivity index (χ3n) is 5.07. The number of ketones is 1. The van der Waals surface area contributed by atoms with Gasteiger partial charge in [-0.3, -0.25) is 9.59 Å². The average Bonchev–Trinajstić information content (AvgIpc) is 2.87. The van der Waals surface area contributed by atoms with E-state index in [2.05, 4.69) is 10.0 Å². The van der Waals surface area contributed by atoms with Gasteiger partial charge in [-0.15, -0.1) is 0 Å². The first-order chi connectivity index (χ1) is 17.5. The van der Waals surface area contributed by atoms with E-state index >= 15 is 0 Å². The van der Waals surface area contributed by atoms with Crippen molar-refractivity contribution < 1.29 is 57.1 Å². The van der Waals surface area contributed by atoms with Crippen molar-refractivity contribution in [1.29, 1.82) is 5.26 Å². The predicted molar refractivity (Wildman–Crippen MR) is 137 cm³/mol. The maximum absolute atomic E-state index is 13.0. The molecular weight excluding hydrogens is 541 g/mol. The molecule has 1 N–H and O–H groups in total. The molecule has 0 radical (unpaired) electrons. The second-order valence-electron chi connectivity index (χ2n) is 7.79. The Hall–Kier alpha value is -3.20. The number of amides is 2. The number of benzene rings is 3. The molecule has 0 aliphatic carbocycles. The summed E-state index contributed by atoms with van der Waals surface area (Å²) in [5, 5.41) is 12.0. The van der Waals surface area contributed by atoms with Gasteiger partial charge in [-0.05, 0) is 67.4 Å². The van der Waals surface area contributed by atoms with Crippen LogP contribution in [0.3, 0.4) is 0 Å². The molecule has 0 aliphatic heterocycles. The molecule has 0 saturated carbocycles. The van der Waals surface area contributed by atoms with Gasteiger partial charge in [-0.2, -0.15) is 5.26 Å². The normalized spacial score (nSPS) is 10.5. The molecule has 0 unspecified atom stereocenters. The zero-order valence-electron chi connectivity index (χ0n) is 20.8. The quantitative estimate of drug-likeness (QED) is 0.309. The summed E-state index contributed by atoms with van der Waals surface area (Å²) in [5.41, 5.74) is 1.37. The fourth-order valence-electron chi connectivity index (χ4n) is 3.24. The van der Waals surface area contributed by atoms with Gasteiger partial charge in [0.15, 0.2) is 12.4 Å². The number of carbonyl (C=O) groups is 3. The third-order valence-corrected chi connectivity index (χ3v) is 6.59. The van der Waals surface area contributed by atoms with Crippen molar-refractivity contribution in [2.45, 2.75) is 25.2 Å². The standard InChI is InChI=1S/C26H22ClN3O6S.Na/c1-3-24(31)30-37(34,35)20-8-9-22(16(2)10-20)29-25(32)15-36-23-7-5-4-6-21(23)26(33)18-11-17(14-28)12-19(27)13-18;/h4-13H,3,15H2,1-2H3,(H2,29,30,31,32);/q;+1/p-1. The Morgan fingerprint density at radius 1 is 1.08 bits per heavy atom. The van der Waals surface area contributed by atoms with Crippen LogP contribution in [0.5, 0.6) is 5.75 Å². The summed E-state index contributed by atoms with van der Waals surface area (Å²) < 4.78 is 33.3. The van der Waals surface area contributed by atoms with E-state index in [1.165, 1.54) is 55.5 Å². The summed E-state index contributed by atoms with van der Waals surface area (Å²) >= 11 is 6.01. The SMILES string of the molecule is CCC(=O)[N-]S(=O)(=O)c1ccc(NC(=O)COc2ccccc2C(=O)c2cc(Cl)cc(C#N)c2)c(C)c1.[Na+]. The summed E-state index contributed by atoms with van der Waals surface area (Å²) in [7, 11) is -4.15. The Labute approximate surface area is 247 Å². The van der Waals surface area contributed by atoms with Crippen molar-refractivity contribution in [3.8, 4) is 11.8 Å². The number of nitriles is 1. The first-order valence-corrected chi connectivity index (χ1v) is 12.7. The number of nitrogens with zero attached hydrogens (tertiary/aromatic N) is 2. The molecule has 3 rings (SSSR count). The van der Waals surface area contributed by atoms with Crippen LogP contribution < -0.4 is 39.6 Å². The van der Waals surface area contributed by atoms with Crippen LogP contribution in [0.4, 0.5) is 5.69 Å². The minimum Gasteiger partial charge on any atom is -0.542 e. The first-order valence-electron chi connectivity index (χ1n) is 10.9. The molecular formula is C26H21ClN3NaO6S. The van der Waals surface area contributed by atoms with Crippen LogP contribution >= 0.6 is 11.6 Å². The molecule has 0 aliphatic rings. The molecule has 190 valence electrons. The van der Waals surface area contributed by atoms with Crippen molar-refractivity contribution in [2.24, 2.45) is 0 Å². The summed E-state index contributed by atoms with van der Waals surface area (Å²) in [4.78, 5) is 36.8. The van der Waals surface area contributed by atoms with Gasteiger partial charge < -0.3 is 19.6 Å². The van der Waals surface area contributed by atoms with E-state index in [9.17, 15) is 22.8 Å². The summed E-state index contributed by atoms with van der Waals surface area (Å²) in [6, 6.07) is 16.5. The Morgan fingerprint density at radius 2 is 1.79 bits per heavy atom. The molecule has 2 amide bonds. The fourth-order valence-corrected chi connectivity index (χ4v) is 4.54. The van der Waals surface area contributed by atoms with Crippen LogP contribution in [0.25, 0.3) is 4.72 Å². The van der Waals surface area contributed by atoms with Gasteiger partial charge in [0.1, 0.15) is 15.8 Å². The van der Waals surface area contributed by atoms with Crippen LogP contribution in [-0.2, 0) is 19.6 Å². The van der Waals surface area contributed by atoms with E-state index in [0.29, 0.717) is 11.3 Å². The average molecular weight is 562 g/mol. The van der Waals surface area contributed by atoms with E-state index in [1.807, 2.05) is 6.07 Å². The minimum atomic E-state index is -4.15. The summed E-state index contributed by atoms with van der Waals surface area (Å²) in [6.07, 6.45) is -0.0406. The van der Waals surface area contributed by atoms with Crippen molar-refractivity contribution in [3.63, 3.8) is 0 Å². The summed E-state index contributed by atoms with van der Waals surface area (Å²) in [5.74, 6) is -1.59. The van der Waals surface area contributed by atoms with Crippen LogP contribution in [0.15, 0.2) is 65.6 Å². The Morgan fingerprint density at radius 3 is 2.45 bits per heavy atom. The Kier molecular flexibility index (Phi) is 11.1.